The van der Waals surface area contributed by atoms with Crippen LogP contribution in [0, 0.1) is 13.8 Å². The van der Waals surface area contributed by atoms with Gasteiger partial charge in [-0.3, -0.25) is 4.90 Å². The minimum Gasteiger partial charge on any atom is -0.329 e. The fourth-order valence-corrected chi connectivity index (χ4v) is 3.05. The maximum atomic E-state index is 6.07. The second-order valence-corrected chi connectivity index (χ2v) is 5.77. The molecule has 0 spiro atoms. The number of hydrogen-bond donors (Lipinski definition) is 1. The van der Waals surface area contributed by atoms with Crippen LogP contribution in [0.5, 0.6) is 0 Å². The number of fused-ring (bicyclic) bond motifs is 1. The summed E-state index contributed by atoms with van der Waals surface area (Å²) in [5.41, 5.74) is 13.0. The minimum absolute atomic E-state index is 0.307. The molecular formula is C18H22N2. The fourth-order valence-electron chi connectivity index (χ4n) is 3.05. The first-order valence-electron chi connectivity index (χ1n) is 7.27. The third kappa shape index (κ3) is 2.37. The second kappa shape index (κ2) is 5.39. The van der Waals surface area contributed by atoms with E-state index in [1.807, 2.05) is 0 Å². The zero-order valence-electron chi connectivity index (χ0n) is 12.3. The van der Waals surface area contributed by atoms with E-state index in [0.29, 0.717) is 12.6 Å². The van der Waals surface area contributed by atoms with Crippen molar-refractivity contribution in [2.24, 2.45) is 5.73 Å². The van der Waals surface area contributed by atoms with Gasteiger partial charge < -0.3 is 5.73 Å². The van der Waals surface area contributed by atoms with Gasteiger partial charge in [-0.2, -0.15) is 0 Å². The highest BCUT2D eigenvalue weighted by atomic mass is 15.2. The van der Waals surface area contributed by atoms with E-state index in [1.165, 1.54) is 27.8 Å². The van der Waals surface area contributed by atoms with Crippen molar-refractivity contribution in [2.45, 2.75) is 33.0 Å². The first-order chi connectivity index (χ1) is 9.69. The molecule has 2 nitrogen and oxygen atoms in total. The highest BCUT2D eigenvalue weighted by Gasteiger charge is 2.25. The smallest absolute Gasteiger partial charge is 0.0477 e. The van der Waals surface area contributed by atoms with Crippen LogP contribution < -0.4 is 5.73 Å². The molecule has 2 N–H and O–H groups in total. The van der Waals surface area contributed by atoms with E-state index in [9.17, 15) is 0 Å². The van der Waals surface area contributed by atoms with Crippen LogP contribution in [0.15, 0.2) is 42.5 Å². The molecule has 2 heteroatoms. The summed E-state index contributed by atoms with van der Waals surface area (Å²) in [6, 6.07) is 15.7. The molecule has 0 bridgehead atoms. The summed E-state index contributed by atoms with van der Waals surface area (Å²) < 4.78 is 0. The molecular weight excluding hydrogens is 244 g/mol. The monoisotopic (exact) mass is 266 g/mol. The van der Waals surface area contributed by atoms with Gasteiger partial charge in [-0.1, -0.05) is 42.5 Å². The SMILES string of the molecule is Cc1ccc(C(CN)N2Cc3ccccc3C2)cc1C. The molecule has 0 saturated carbocycles. The predicted octanol–water partition coefficient (Wildman–Crippen LogP) is 3.32. The molecule has 1 atom stereocenters. The number of nitrogens with zero attached hydrogens (tertiary/aromatic N) is 1. The van der Waals surface area contributed by atoms with Gasteiger partial charge in [-0.15, -0.1) is 0 Å². The summed E-state index contributed by atoms with van der Waals surface area (Å²) in [6.07, 6.45) is 0. The molecule has 2 aromatic rings. The molecule has 0 fully saturated rings. The lowest BCUT2D eigenvalue weighted by Crippen LogP contribution is -2.29. The summed E-state index contributed by atoms with van der Waals surface area (Å²) in [6.45, 7) is 7.00. The van der Waals surface area contributed by atoms with Crippen molar-refractivity contribution < 1.29 is 0 Å². The number of benzene rings is 2. The zero-order valence-corrected chi connectivity index (χ0v) is 12.3. The second-order valence-electron chi connectivity index (χ2n) is 5.77. The van der Waals surface area contributed by atoms with Crippen molar-refractivity contribution in [1.29, 1.82) is 0 Å². The Labute approximate surface area is 121 Å². The highest BCUT2D eigenvalue weighted by Crippen LogP contribution is 2.31. The van der Waals surface area contributed by atoms with E-state index in [-0.39, 0.29) is 0 Å². The molecule has 0 aliphatic carbocycles. The Hall–Kier alpha value is -1.64. The van der Waals surface area contributed by atoms with E-state index in [1.54, 1.807) is 0 Å². The van der Waals surface area contributed by atoms with Gasteiger partial charge in [0.05, 0.1) is 0 Å². The summed E-state index contributed by atoms with van der Waals surface area (Å²) in [7, 11) is 0. The highest BCUT2D eigenvalue weighted by molar-refractivity contribution is 5.34. The Kier molecular flexibility index (Phi) is 3.60. The maximum absolute atomic E-state index is 6.07. The van der Waals surface area contributed by atoms with Gasteiger partial charge in [-0.25, -0.2) is 0 Å². The Morgan fingerprint density at radius 2 is 1.65 bits per heavy atom. The molecule has 1 aliphatic rings. The average Bonchev–Trinajstić information content (AvgIpc) is 2.87. The van der Waals surface area contributed by atoms with Crippen molar-refractivity contribution in [1.82, 2.24) is 4.90 Å². The molecule has 20 heavy (non-hydrogen) atoms. The van der Waals surface area contributed by atoms with E-state index in [2.05, 4.69) is 61.2 Å². The van der Waals surface area contributed by atoms with Gasteiger partial charge in [0, 0.05) is 25.7 Å². The summed E-state index contributed by atoms with van der Waals surface area (Å²) >= 11 is 0. The van der Waals surface area contributed by atoms with Gasteiger partial charge in [0.2, 0.25) is 0 Å². The van der Waals surface area contributed by atoms with Crippen molar-refractivity contribution in [3.63, 3.8) is 0 Å². The zero-order chi connectivity index (χ0) is 14.1. The number of aryl methyl sites for hydroxylation is 2. The van der Waals surface area contributed by atoms with Crippen molar-refractivity contribution in [3.05, 3.63) is 70.3 Å². The van der Waals surface area contributed by atoms with E-state index in [4.69, 9.17) is 5.73 Å². The van der Waals surface area contributed by atoms with Crippen molar-refractivity contribution in [2.75, 3.05) is 6.54 Å². The van der Waals surface area contributed by atoms with Crippen molar-refractivity contribution >= 4 is 0 Å². The summed E-state index contributed by atoms with van der Waals surface area (Å²) in [5, 5.41) is 0. The topological polar surface area (TPSA) is 29.3 Å². The normalized spacial score (nSPS) is 16.1. The molecule has 1 heterocycles. The van der Waals surface area contributed by atoms with E-state index >= 15 is 0 Å². The van der Waals surface area contributed by atoms with Crippen molar-refractivity contribution in [3.8, 4) is 0 Å². The third-order valence-corrected chi connectivity index (χ3v) is 4.45. The van der Waals surface area contributed by atoms with Crippen LogP contribution in [-0.4, -0.2) is 11.4 Å². The molecule has 0 saturated heterocycles. The quantitative estimate of drug-likeness (QED) is 0.923. The first kappa shape index (κ1) is 13.3. The van der Waals surface area contributed by atoms with Gasteiger partial charge in [-0.05, 0) is 41.7 Å². The molecule has 0 amide bonds. The van der Waals surface area contributed by atoms with E-state index < -0.39 is 0 Å². The van der Waals surface area contributed by atoms with Gasteiger partial charge in [0.25, 0.3) is 0 Å². The first-order valence-corrected chi connectivity index (χ1v) is 7.27. The van der Waals surface area contributed by atoms with Crippen LogP contribution >= 0.6 is 0 Å². The number of nitrogens with two attached hydrogens (primary N) is 1. The molecule has 1 aliphatic heterocycles. The molecule has 0 aromatic heterocycles. The predicted molar refractivity (Wildman–Crippen MR) is 83.4 cm³/mol. The standard InChI is InChI=1S/C18H22N2/c1-13-7-8-15(9-14(13)2)18(10-19)20-11-16-5-3-4-6-17(16)12-20/h3-9,18H,10-12,19H2,1-2H3. The Balaban J connectivity index is 1.87. The van der Waals surface area contributed by atoms with E-state index in [0.717, 1.165) is 13.1 Å². The van der Waals surface area contributed by atoms with Gasteiger partial charge in [0.15, 0.2) is 0 Å². The fraction of sp³-hybridized carbons (Fsp3) is 0.333. The molecule has 104 valence electrons. The average molecular weight is 266 g/mol. The molecule has 1 unspecified atom stereocenters. The lowest BCUT2D eigenvalue weighted by atomic mass is 10.00. The van der Waals surface area contributed by atoms with Gasteiger partial charge >= 0.3 is 0 Å². The number of hydrogen-bond acceptors (Lipinski definition) is 2. The lowest BCUT2D eigenvalue weighted by Gasteiger charge is -2.27. The van der Waals surface area contributed by atoms with Crippen LogP contribution in [0.4, 0.5) is 0 Å². The Morgan fingerprint density at radius 1 is 1.00 bits per heavy atom. The van der Waals surface area contributed by atoms with Crippen LogP contribution in [0.1, 0.15) is 33.9 Å². The van der Waals surface area contributed by atoms with Gasteiger partial charge in [0.1, 0.15) is 0 Å². The van der Waals surface area contributed by atoms with Crippen LogP contribution in [0.2, 0.25) is 0 Å². The Morgan fingerprint density at radius 3 is 2.20 bits per heavy atom. The number of rotatable bonds is 3. The molecule has 2 aromatic carbocycles. The lowest BCUT2D eigenvalue weighted by molar-refractivity contribution is 0.205. The molecule has 3 rings (SSSR count). The largest absolute Gasteiger partial charge is 0.329 e. The van der Waals surface area contributed by atoms with Crippen LogP contribution in [-0.2, 0) is 13.1 Å². The minimum atomic E-state index is 0.307. The van der Waals surface area contributed by atoms with Crippen LogP contribution in [0.25, 0.3) is 0 Å². The third-order valence-electron chi connectivity index (χ3n) is 4.45. The Bertz CT molecular complexity index is 594. The summed E-state index contributed by atoms with van der Waals surface area (Å²) in [4.78, 5) is 2.48. The summed E-state index contributed by atoms with van der Waals surface area (Å²) in [5.74, 6) is 0. The van der Waals surface area contributed by atoms with Crippen LogP contribution in [0.3, 0.4) is 0 Å². The molecule has 0 radical (unpaired) electrons. The maximum Gasteiger partial charge on any atom is 0.0477 e.